The van der Waals surface area contributed by atoms with E-state index in [0.29, 0.717) is 18.6 Å². The van der Waals surface area contributed by atoms with Crippen molar-refractivity contribution in [2.45, 2.75) is 44.3 Å². The lowest BCUT2D eigenvalue weighted by Crippen LogP contribution is -2.47. The van der Waals surface area contributed by atoms with E-state index in [2.05, 4.69) is 15.3 Å². The summed E-state index contributed by atoms with van der Waals surface area (Å²) in [6.45, 7) is 2.67. The molecule has 3 heterocycles. The summed E-state index contributed by atoms with van der Waals surface area (Å²) in [5, 5.41) is 7.23. The fraction of sp³-hybridized carbons (Fsp3) is 0.692. The predicted octanol–water partition coefficient (Wildman–Crippen LogP) is 0.626. The maximum Gasteiger partial charge on any atom is 0.242 e. The molecule has 0 aromatic carbocycles. The number of hydrogen-bond acceptors (Lipinski definition) is 3. The van der Waals surface area contributed by atoms with E-state index in [1.165, 1.54) is 25.8 Å². The highest BCUT2D eigenvalue weighted by Gasteiger charge is 2.36. The van der Waals surface area contributed by atoms with Gasteiger partial charge in [0.05, 0.1) is 0 Å². The third kappa shape index (κ3) is 2.41. The number of nitrogens with one attached hydrogen (secondary N) is 1. The van der Waals surface area contributed by atoms with Crippen molar-refractivity contribution in [1.82, 2.24) is 20.0 Å². The van der Waals surface area contributed by atoms with Crippen LogP contribution in [0.25, 0.3) is 0 Å². The lowest BCUT2D eigenvalue weighted by atomic mass is 9.99. The summed E-state index contributed by atoms with van der Waals surface area (Å²) >= 11 is 0. The SMILES string of the molecule is O=C(Cn1cccn1)NC1CCN2CCCCC12. The zero-order valence-electron chi connectivity index (χ0n) is 10.6. The number of hydrogen-bond donors (Lipinski definition) is 1. The van der Waals surface area contributed by atoms with Crippen LogP contribution in [0, 0.1) is 0 Å². The minimum atomic E-state index is 0.0797. The van der Waals surface area contributed by atoms with Crippen LogP contribution in [0.4, 0.5) is 0 Å². The monoisotopic (exact) mass is 248 g/mol. The normalized spacial score (nSPS) is 28.0. The van der Waals surface area contributed by atoms with Gasteiger partial charge in [0.15, 0.2) is 0 Å². The van der Waals surface area contributed by atoms with Gasteiger partial charge in [0.1, 0.15) is 6.54 Å². The Morgan fingerprint density at radius 2 is 2.28 bits per heavy atom. The van der Waals surface area contributed by atoms with Crippen LogP contribution >= 0.6 is 0 Å². The third-order valence-corrected chi connectivity index (χ3v) is 4.07. The van der Waals surface area contributed by atoms with Crippen LogP contribution in [0.1, 0.15) is 25.7 Å². The molecule has 2 aliphatic rings. The molecule has 2 unspecified atom stereocenters. The molecule has 5 nitrogen and oxygen atoms in total. The predicted molar refractivity (Wildman–Crippen MR) is 68.0 cm³/mol. The van der Waals surface area contributed by atoms with Crippen LogP contribution in [-0.4, -0.2) is 45.8 Å². The largest absolute Gasteiger partial charge is 0.350 e. The number of fused-ring (bicyclic) bond motifs is 1. The number of carbonyl (C=O) groups is 1. The van der Waals surface area contributed by atoms with E-state index in [4.69, 9.17) is 0 Å². The summed E-state index contributed by atoms with van der Waals surface area (Å²) in [6.07, 6.45) is 8.45. The molecule has 1 N–H and O–H groups in total. The van der Waals surface area contributed by atoms with E-state index >= 15 is 0 Å². The quantitative estimate of drug-likeness (QED) is 0.853. The van der Waals surface area contributed by atoms with Crippen molar-refractivity contribution in [3.05, 3.63) is 18.5 Å². The topological polar surface area (TPSA) is 50.2 Å². The van der Waals surface area contributed by atoms with Crippen molar-refractivity contribution < 1.29 is 4.79 Å². The van der Waals surface area contributed by atoms with Gasteiger partial charge in [0.25, 0.3) is 0 Å². The van der Waals surface area contributed by atoms with Gasteiger partial charge in [-0.1, -0.05) is 6.42 Å². The molecule has 98 valence electrons. The first-order chi connectivity index (χ1) is 8.83. The molecule has 1 aromatic heterocycles. The first-order valence-corrected chi connectivity index (χ1v) is 6.84. The molecule has 2 saturated heterocycles. The molecule has 0 radical (unpaired) electrons. The van der Waals surface area contributed by atoms with Crippen LogP contribution in [0.2, 0.25) is 0 Å². The summed E-state index contributed by atoms with van der Waals surface area (Å²) in [6, 6.07) is 2.75. The Labute approximate surface area is 107 Å². The first kappa shape index (κ1) is 11.7. The first-order valence-electron chi connectivity index (χ1n) is 6.84. The maximum atomic E-state index is 12.0. The van der Waals surface area contributed by atoms with Crippen LogP contribution in [-0.2, 0) is 11.3 Å². The molecule has 0 bridgehead atoms. The van der Waals surface area contributed by atoms with E-state index in [1.54, 1.807) is 10.9 Å². The van der Waals surface area contributed by atoms with Gasteiger partial charge in [-0.2, -0.15) is 5.10 Å². The average Bonchev–Trinajstić information content (AvgIpc) is 3.00. The van der Waals surface area contributed by atoms with E-state index in [-0.39, 0.29) is 5.91 Å². The number of nitrogens with zero attached hydrogens (tertiary/aromatic N) is 3. The molecular weight excluding hydrogens is 228 g/mol. The van der Waals surface area contributed by atoms with Crippen LogP contribution in [0.15, 0.2) is 18.5 Å². The Hall–Kier alpha value is -1.36. The molecule has 1 amide bonds. The number of rotatable bonds is 3. The van der Waals surface area contributed by atoms with Crippen molar-refractivity contribution in [1.29, 1.82) is 0 Å². The number of aromatic nitrogens is 2. The molecular formula is C13H20N4O. The standard InChI is InChI=1S/C13H20N4O/c18-13(10-17-8-3-6-14-17)15-11-5-9-16-7-2-1-4-12(11)16/h3,6,8,11-12H,1-2,4-5,7,9-10H2,(H,15,18). The van der Waals surface area contributed by atoms with Gasteiger partial charge in [-0.3, -0.25) is 14.4 Å². The maximum absolute atomic E-state index is 12.0. The van der Waals surface area contributed by atoms with Crippen molar-refractivity contribution >= 4 is 5.91 Å². The Kier molecular flexibility index (Phi) is 3.32. The lowest BCUT2D eigenvalue weighted by molar-refractivity contribution is -0.122. The third-order valence-electron chi connectivity index (χ3n) is 4.07. The number of carbonyl (C=O) groups excluding carboxylic acids is 1. The Balaban J connectivity index is 1.54. The van der Waals surface area contributed by atoms with Crippen LogP contribution in [0.3, 0.4) is 0 Å². The van der Waals surface area contributed by atoms with Crippen LogP contribution in [0.5, 0.6) is 0 Å². The summed E-state index contributed by atoms with van der Waals surface area (Å²) < 4.78 is 1.67. The van der Waals surface area contributed by atoms with Crippen molar-refractivity contribution in [2.24, 2.45) is 0 Å². The van der Waals surface area contributed by atoms with E-state index in [1.807, 2.05) is 12.3 Å². The highest BCUT2D eigenvalue weighted by molar-refractivity contribution is 5.76. The smallest absolute Gasteiger partial charge is 0.242 e. The molecule has 2 fully saturated rings. The molecule has 0 spiro atoms. The van der Waals surface area contributed by atoms with E-state index < -0.39 is 0 Å². The summed E-state index contributed by atoms with van der Waals surface area (Å²) in [4.78, 5) is 14.5. The van der Waals surface area contributed by atoms with Gasteiger partial charge >= 0.3 is 0 Å². The second kappa shape index (κ2) is 5.10. The van der Waals surface area contributed by atoms with E-state index in [0.717, 1.165) is 13.0 Å². The fourth-order valence-electron chi connectivity index (χ4n) is 3.21. The molecule has 2 atom stereocenters. The Bertz CT molecular complexity index is 403. The van der Waals surface area contributed by atoms with Gasteiger partial charge in [0.2, 0.25) is 5.91 Å². The molecule has 5 heteroatoms. The van der Waals surface area contributed by atoms with Gasteiger partial charge < -0.3 is 5.32 Å². The molecule has 3 rings (SSSR count). The minimum Gasteiger partial charge on any atom is -0.350 e. The van der Waals surface area contributed by atoms with E-state index in [9.17, 15) is 4.79 Å². The van der Waals surface area contributed by atoms with Gasteiger partial charge in [-0.15, -0.1) is 0 Å². The number of amides is 1. The van der Waals surface area contributed by atoms with Crippen LogP contribution < -0.4 is 5.32 Å². The van der Waals surface area contributed by atoms with Crippen molar-refractivity contribution in [2.75, 3.05) is 13.1 Å². The summed E-state index contributed by atoms with van der Waals surface area (Å²) in [5.41, 5.74) is 0. The fourth-order valence-corrected chi connectivity index (χ4v) is 3.21. The Morgan fingerprint density at radius 1 is 1.33 bits per heavy atom. The second-order valence-corrected chi connectivity index (χ2v) is 5.27. The van der Waals surface area contributed by atoms with Crippen molar-refractivity contribution in [3.8, 4) is 0 Å². The minimum absolute atomic E-state index is 0.0797. The lowest BCUT2D eigenvalue weighted by Gasteiger charge is -2.32. The average molecular weight is 248 g/mol. The highest BCUT2D eigenvalue weighted by atomic mass is 16.2. The summed E-state index contributed by atoms with van der Waals surface area (Å²) in [7, 11) is 0. The molecule has 1 aromatic rings. The Morgan fingerprint density at radius 3 is 3.11 bits per heavy atom. The van der Waals surface area contributed by atoms with Gasteiger partial charge in [-0.05, 0) is 31.9 Å². The molecule has 0 saturated carbocycles. The van der Waals surface area contributed by atoms with Crippen molar-refractivity contribution in [3.63, 3.8) is 0 Å². The molecule has 0 aliphatic carbocycles. The zero-order valence-corrected chi connectivity index (χ0v) is 10.6. The second-order valence-electron chi connectivity index (χ2n) is 5.27. The molecule has 2 aliphatic heterocycles. The molecule has 18 heavy (non-hydrogen) atoms. The highest BCUT2D eigenvalue weighted by Crippen LogP contribution is 2.26. The van der Waals surface area contributed by atoms with Gasteiger partial charge in [-0.25, -0.2) is 0 Å². The number of piperidine rings is 1. The zero-order chi connectivity index (χ0) is 12.4. The summed E-state index contributed by atoms with van der Waals surface area (Å²) in [5.74, 6) is 0.0797. The van der Waals surface area contributed by atoms with Gasteiger partial charge in [0, 0.05) is 31.0 Å².